The van der Waals surface area contributed by atoms with Crippen molar-refractivity contribution in [1.82, 2.24) is 10.2 Å². The number of rotatable bonds is 3. The van der Waals surface area contributed by atoms with Crippen molar-refractivity contribution in [2.24, 2.45) is 5.41 Å². The average molecular weight is 378 g/mol. The molecule has 0 aliphatic carbocycles. The van der Waals surface area contributed by atoms with Gasteiger partial charge in [0.25, 0.3) is 0 Å². The summed E-state index contributed by atoms with van der Waals surface area (Å²) in [7, 11) is 0. The molecule has 0 saturated heterocycles. The molecule has 2 aliphatic rings. The van der Waals surface area contributed by atoms with Crippen LogP contribution in [0.15, 0.2) is 38.6 Å². The first-order valence-corrected chi connectivity index (χ1v) is 8.98. The molecule has 0 unspecified atom stereocenters. The Labute approximate surface area is 150 Å². The van der Waals surface area contributed by atoms with Crippen molar-refractivity contribution in [2.45, 2.75) is 46.7 Å². The van der Waals surface area contributed by atoms with Gasteiger partial charge in [-0.15, -0.1) is 0 Å². The van der Waals surface area contributed by atoms with Crippen LogP contribution < -0.4 is 5.32 Å². The molecule has 2 aliphatic heterocycles. The summed E-state index contributed by atoms with van der Waals surface area (Å²) < 4.78 is 39.2. The highest BCUT2D eigenvalue weighted by Gasteiger charge is 2.36. The predicted molar refractivity (Wildman–Crippen MR) is 93.7 cm³/mol. The largest absolute Gasteiger partial charge is 0.417 e. The Morgan fingerprint density at radius 2 is 1.96 bits per heavy atom. The minimum atomic E-state index is -4.48. The fourth-order valence-electron chi connectivity index (χ4n) is 2.17. The summed E-state index contributed by atoms with van der Waals surface area (Å²) >= 11 is 7.35. The summed E-state index contributed by atoms with van der Waals surface area (Å²) in [5, 5.41) is 3.47. The first-order chi connectivity index (χ1) is 11.0. The number of dihydropyridines is 1. The molecule has 0 aromatic rings. The summed E-state index contributed by atoms with van der Waals surface area (Å²) in [6.45, 7) is 9.07. The molecule has 1 radical (unpaired) electrons. The van der Waals surface area contributed by atoms with Crippen molar-refractivity contribution < 1.29 is 13.2 Å². The van der Waals surface area contributed by atoms with E-state index in [0.717, 1.165) is 30.4 Å². The summed E-state index contributed by atoms with van der Waals surface area (Å²) in [6.07, 6.45) is 2.80. The van der Waals surface area contributed by atoms with Crippen LogP contribution >= 0.6 is 23.4 Å². The first-order valence-electron chi connectivity index (χ1n) is 7.79. The summed E-state index contributed by atoms with van der Waals surface area (Å²) in [5.41, 5.74) is -0.678. The van der Waals surface area contributed by atoms with Crippen molar-refractivity contribution in [1.29, 1.82) is 0 Å². The second kappa shape index (κ2) is 7.08. The smallest absolute Gasteiger partial charge is 0.343 e. The van der Waals surface area contributed by atoms with Gasteiger partial charge in [0.05, 0.1) is 11.3 Å². The Morgan fingerprint density at radius 3 is 2.50 bits per heavy atom. The highest BCUT2D eigenvalue weighted by molar-refractivity contribution is 8.07. The zero-order chi connectivity index (χ0) is 18.1. The first kappa shape index (κ1) is 19.3. The number of halogens is 4. The van der Waals surface area contributed by atoms with E-state index in [0.29, 0.717) is 5.03 Å². The number of alkyl halides is 3. The molecule has 1 N–H and O–H groups in total. The van der Waals surface area contributed by atoms with Gasteiger partial charge < -0.3 is 10.2 Å². The molecule has 0 atom stereocenters. The predicted octanol–water partition coefficient (Wildman–Crippen LogP) is 5.87. The summed E-state index contributed by atoms with van der Waals surface area (Å²) in [6, 6.07) is 0. The van der Waals surface area contributed by atoms with Crippen LogP contribution in [0.2, 0.25) is 0 Å². The van der Waals surface area contributed by atoms with E-state index in [1.54, 1.807) is 0 Å². The van der Waals surface area contributed by atoms with Gasteiger partial charge in [-0.25, -0.2) is 0 Å². The number of thioether (sulfide) groups is 1. The molecule has 0 amide bonds. The fraction of sp³-hybridized carbons (Fsp3) is 0.529. The molecular formula is C17H21ClF3N2S. The Morgan fingerprint density at radius 1 is 1.29 bits per heavy atom. The van der Waals surface area contributed by atoms with E-state index in [4.69, 9.17) is 11.6 Å². The van der Waals surface area contributed by atoms with Gasteiger partial charge in [-0.1, -0.05) is 57.5 Å². The lowest BCUT2D eigenvalue weighted by atomic mass is 9.96. The number of hydrogen-bond acceptors (Lipinski definition) is 3. The molecule has 0 aromatic heterocycles. The topological polar surface area (TPSA) is 15.3 Å². The maximum atomic E-state index is 13.1. The van der Waals surface area contributed by atoms with Gasteiger partial charge in [0.15, 0.2) is 0 Å². The third kappa shape index (κ3) is 4.54. The van der Waals surface area contributed by atoms with Crippen molar-refractivity contribution >= 4 is 23.4 Å². The van der Waals surface area contributed by atoms with E-state index in [9.17, 15) is 13.2 Å². The van der Waals surface area contributed by atoms with Gasteiger partial charge in [-0.2, -0.15) is 13.2 Å². The van der Waals surface area contributed by atoms with Crippen LogP contribution in [0.5, 0.6) is 0 Å². The molecule has 24 heavy (non-hydrogen) atoms. The van der Waals surface area contributed by atoms with Crippen LogP contribution in [0.4, 0.5) is 13.2 Å². The highest BCUT2D eigenvalue weighted by atomic mass is 35.5. The molecule has 2 rings (SSSR count). The van der Waals surface area contributed by atoms with Crippen LogP contribution in [-0.2, 0) is 0 Å². The third-order valence-corrected chi connectivity index (χ3v) is 5.30. The third-order valence-electron chi connectivity index (χ3n) is 3.53. The van der Waals surface area contributed by atoms with Gasteiger partial charge in [-0.05, 0) is 17.9 Å². The lowest BCUT2D eigenvalue weighted by Crippen LogP contribution is -2.24. The Bertz CT molecular complexity index is 625. The molecule has 0 bridgehead atoms. The zero-order valence-electron chi connectivity index (χ0n) is 14.1. The van der Waals surface area contributed by atoms with Gasteiger partial charge >= 0.3 is 6.18 Å². The second-order valence-corrected chi connectivity index (χ2v) is 8.16. The molecular weight excluding hydrogens is 357 g/mol. The number of unbranched alkanes of at least 4 members (excludes halogenated alkanes) is 1. The molecule has 133 valence electrons. The van der Waals surface area contributed by atoms with Gasteiger partial charge in [0.1, 0.15) is 10.2 Å². The second-order valence-electron chi connectivity index (χ2n) is 6.73. The number of allylic oxidation sites excluding steroid dienone is 4. The maximum absolute atomic E-state index is 13.1. The molecule has 2 heterocycles. The molecule has 0 spiro atoms. The Kier molecular flexibility index (Phi) is 5.70. The van der Waals surface area contributed by atoms with Gasteiger partial charge in [0, 0.05) is 23.7 Å². The van der Waals surface area contributed by atoms with Crippen molar-refractivity contribution in [3.63, 3.8) is 0 Å². The van der Waals surface area contributed by atoms with Crippen molar-refractivity contribution in [2.75, 3.05) is 6.54 Å². The minimum absolute atomic E-state index is 0.0520. The van der Waals surface area contributed by atoms with Crippen LogP contribution in [-0.4, -0.2) is 17.6 Å². The van der Waals surface area contributed by atoms with Crippen LogP contribution in [0.3, 0.4) is 0 Å². The molecule has 0 saturated carbocycles. The maximum Gasteiger partial charge on any atom is 0.417 e. The van der Waals surface area contributed by atoms with E-state index in [-0.39, 0.29) is 16.3 Å². The fourth-order valence-corrected chi connectivity index (χ4v) is 3.53. The van der Waals surface area contributed by atoms with Crippen LogP contribution in [0, 0.1) is 11.5 Å². The van der Waals surface area contributed by atoms with Crippen LogP contribution in [0.1, 0.15) is 40.5 Å². The Balaban J connectivity index is 2.42. The molecule has 0 fully saturated rings. The SMILES string of the molecule is CCCCN1C=C(C(C)(C)C)S/C1=C1/[C]=C(C(F)(F)F)C=C(Cl)N1. The summed E-state index contributed by atoms with van der Waals surface area (Å²) in [5.74, 6) is 0. The molecule has 7 heteroatoms. The average Bonchev–Trinajstić information content (AvgIpc) is 2.87. The zero-order valence-corrected chi connectivity index (χ0v) is 15.7. The monoisotopic (exact) mass is 377 g/mol. The Hall–Kier alpha value is -1.01. The van der Waals surface area contributed by atoms with Crippen molar-refractivity contribution in [3.05, 3.63) is 44.7 Å². The van der Waals surface area contributed by atoms with E-state index >= 15 is 0 Å². The number of hydrogen-bond donors (Lipinski definition) is 1. The van der Waals surface area contributed by atoms with E-state index in [2.05, 4.69) is 39.1 Å². The minimum Gasteiger partial charge on any atom is -0.343 e. The standard InChI is InChI=1S/C17H21ClF3N2S/c1-5-6-7-23-10-13(16(2,3)4)24-15(23)12-8-11(17(19,20)21)9-14(18)22-12/h9-10,22H,5-7H2,1-4H3/b15-12-. The summed E-state index contributed by atoms with van der Waals surface area (Å²) in [4.78, 5) is 3.09. The lowest BCUT2D eigenvalue weighted by Gasteiger charge is -2.23. The van der Waals surface area contributed by atoms with Crippen LogP contribution in [0.25, 0.3) is 0 Å². The number of nitrogens with one attached hydrogen (secondary N) is 1. The normalized spacial score (nSPS) is 22.2. The molecule has 0 aromatic carbocycles. The van der Waals surface area contributed by atoms with Crippen molar-refractivity contribution in [3.8, 4) is 0 Å². The lowest BCUT2D eigenvalue weighted by molar-refractivity contribution is -0.0889. The highest BCUT2D eigenvalue weighted by Crippen LogP contribution is 2.47. The van der Waals surface area contributed by atoms with E-state index in [1.807, 2.05) is 11.1 Å². The van der Waals surface area contributed by atoms with Gasteiger partial charge in [-0.3, -0.25) is 0 Å². The molecule has 2 nitrogen and oxygen atoms in total. The quantitative estimate of drug-likeness (QED) is 0.619. The van der Waals surface area contributed by atoms with Gasteiger partial charge in [0.2, 0.25) is 0 Å². The number of nitrogens with zero attached hydrogens (tertiary/aromatic N) is 1. The van der Waals surface area contributed by atoms with E-state index < -0.39 is 11.7 Å². The van der Waals surface area contributed by atoms with E-state index in [1.165, 1.54) is 11.8 Å².